The van der Waals surface area contributed by atoms with Gasteiger partial charge in [0.1, 0.15) is 0 Å². The molecule has 0 radical (unpaired) electrons. The van der Waals surface area contributed by atoms with E-state index in [0.717, 1.165) is 12.2 Å². The van der Waals surface area contributed by atoms with Crippen molar-refractivity contribution in [2.24, 2.45) is 5.92 Å². The molecule has 100 valence electrons. The Balaban J connectivity index is 2.14. The van der Waals surface area contributed by atoms with E-state index in [-0.39, 0.29) is 0 Å². The number of aliphatic hydroxyl groups excluding tert-OH is 1. The molecule has 0 aliphatic carbocycles. The Bertz CT molecular complexity index is 375. The minimum Gasteiger partial charge on any atom is -0.387 e. The number of nitrogens with zero attached hydrogens (tertiary/aromatic N) is 2. The third kappa shape index (κ3) is 2.66. The summed E-state index contributed by atoms with van der Waals surface area (Å²) in [5.74, 6) is 0.674. The van der Waals surface area contributed by atoms with E-state index in [9.17, 15) is 5.11 Å². The van der Waals surface area contributed by atoms with Crippen LogP contribution in [0.25, 0.3) is 0 Å². The molecule has 2 rings (SSSR count). The zero-order chi connectivity index (χ0) is 13.1. The Kier molecular flexibility index (Phi) is 4.23. The van der Waals surface area contributed by atoms with Crippen LogP contribution in [0.1, 0.15) is 51.8 Å². The monoisotopic (exact) mass is 248 g/mol. The minimum atomic E-state index is -0.432. The molecule has 3 heteroatoms. The van der Waals surface area contributed by atoms with Crippen LogP contribution in [0.4, 0.5) is 5.69 Å². The lowest BCUT2D eigenvalue weighted by atomic mass is 10.0. The molecule has 0 bridgehead atoms. The summed E-state index contributed by atoms with van der Waals surface area (Å²) in [5, 5.41) is 9.75. The lowest BCUT2D eigenvalue weighted by Crippen LogP contribution is -2.33. The van der Waals surface area contributed by atoms with E-state index in [1.165, 1.54) is 18.5 Å². The fraction of sp³-hybridized carbons (Fsp3) is 0.667. The van der Waals surface area contributed by atoms with Gasteiger partial charge in [-0.2, -0.15) is 0 Å². The number of rotatable bonds is 4. The molecular weight excluding hydrogens is 224 g/mol. The number of aliphatic hydroxyl groups is 1. The lowest BCUT2D eigenvalue weighted by Gasteiger charge is -2.29. The average Bonchev–Trinajstić information content (AvgIpc) is 2.87. The number of pyridine rings is 1. The average molecular weight is 248 g/mol. The maximum atomic E-state index is 9.75. The zero-order valence-electron chi connectivity index (χ0n) is 11.6. The number of anilines is 1. The van der Waals surface area contributed by atoms with E-state index >= 15 is 0 Å². The van der Waals surface area contributed by atoms with E-state index in [1.54, 1.807) is 0 Å². The third-order valence-electron chi connectivity index (χ3n) is 3.90. The van der Waals surface area contributed by atoms with Crippen LogP contribution < -0.4 is 4.90 Å². The van der Waals surface area contributed by atoms with Crippen LogP contribution in [0, 0.1) is 5.92 Å². The molecule has 1 N–H and O–H groups in total. The van der Waals surface area contributed by atoms with Gasteiger partial charge in [-0.05, 0) is 37.3 Å². The van der Waals surface area contributed by atoms with Gasteiger partial charge in [0.05, 0.1) is 23.7 Å². The summed E-state index contributed by atoms with van der Waals surface area (Å²) in [6, 6.07) is 4.69. The first kappa shape index (κ1) is 13.3. The first-order valence-electron chi connectivity index (χ1n) is 7.04. The van der Waals surface area contributed by atoms with Crippen molar-refractivity contribution in [1.29, 1.82) is 0 Å². The van der Waals surface area contributed by atoms with Gasteiger partial charge in [-0.15, -0.1) is 0 Å². The third-order valence-corrected chi connectivity index (χ3v) is 3.90. The molecule has 2 heterocycles. The first-order chi connectivity index (χ1) is 8.63. The van der Waals surface area contributed by atoms with E-state index in [0.29, 0.717) is 18.4 Å². The smallest absolute Gasteiger partial charge is 0.0957 e. The van der Waals surface area contributed by atoms with Crippen LogP contribution in [0.3, 0.4) is 0 Å². The summed E-state index contributed by atoms with van der Waals surface area (Å²) in [6.07, 6.45) is 4.73. The van der Waals surface area contributed by atoms with Gasteiger partial charge in [0.25, 0.3) is 0 Å². The minimum absolute atomic E-state index is 0.432. The topological polar surface area (TPSA) is 36.4 Å². The molecule has 2 atom stereocenters. The predicted molar refractivity (Wildman–Crippen MR) is 74.7 cm³/mol. The van der Waals surface area contributed by atoms with Gasteiger partial charge in [-0.3, -0.25) is 4.98 Å². The van der Waals surface area contributed by atoms with Crippen molar-refractivity contribution in [2.75, 3.05) is 11.4 Å². The van der Waals surface area contributed by atoms with Crippen molar-refractivity contribution in [3.05, 3.63) is 24.0 Å². The Morgan fingerprint density at radius 3 is 2.78 bits per heavy atom. The van der Waals surface area contributed by atoms with E-state index < -0.39 is 6.10 Å². The maximum Gasteiger partial charge on any atom is 0.0957 e. The molecule has 0 aromatic carbocycles. The van der Waals surface area contributed by atoms with E-state index in [2.05, 4.69) is 29.8 Å². The molecule has 1 aliphatic heterocycles. The molecule has 3 nitrogen and oxygen atoms in total. The Labute approximate surface area is 110 Å². The van der Waals surface area contributed by atoms with Crippen LogP contribution in [-0.4, -0.2) is 22.7 Å². The van der Waals surface area contributed by atoms with Gasteiger partial charge >= 0.3 is 0 Å². The fourth-order valence-electron chi connectivity index (χ4n) is 2.78. The van der Waals surface area contributed by atoms with Crippen LogP contribution >= 0.6 is 0 Å². The van der Waals surface area contributed by atoms with Gasteiger partial charge in [0.2, 0.25) is 0 Å². The summed E-state index contributed by atoms with van der Waals surface area (Å²) in [5.41, 5.74) is 1.97. The normalized spacial score (nSPS) is 21.6. The fourth-order valence-corrected chi connectivity index (χ4v) is 2.78. The molecule has 0 saturated carbocycles. The number of hydrogen-bond acceptors (Lipinski definition) is 3. The quantitative estimate of drug-likeness (QED) is 0.889. The number of aromatic nitrogens is 1. The highest BCUT2D eigenvalue weighted by atomic mass is 16.3. The molecule has 1 aliphatic rings. The van der Waals surface area contributed by atoms with E-state index in [4.69, 9.17) is 0 Å². The van der Waals surface area contributed by atoms with Gasteiger partial charge in [-0.25, -0.2) is 0 Å². The van der Waals surface area contributed by atoms with Crippen LogP contribution in [-0.2, 0) is 0 Å². The Morgan fingerprint density at radius 2 is 2.22 bits per heavy atom. The molecule has 1 aromatic rings. The summed E-state index contributed by atoms with van der Waals surface area (Å²) in [4.78, 5) is 6.85. The van der Waals surface area contributed by atoms with Crippen molar-refractivity contribution >= 4 is 5.69 Å². The Morgan fingerprint density at radius 1 is 1.44 bits per heavy atom. The number of hydrogen-bond donors (Lipinski definition) is 1. The van der Waals surface area contributed by atoms with Gasteiger partial charge < -0.3 is 10.0 Å². The maximum absolute atomic E-state index is 9.75. The van der Waals surface area contributed by atoms with Crippen molar-refractivity contribution in [2.45, 2.75) is 52.2 Å². The molecule has 0 spiro atoms. The standard InChI is InChI=1S/C15H24N2O/c1-4-15(18)13-8-7-12(10-16-13)17-9-5-6-14(17)11(2)3/h7-8,10-11,14-15,18H,4-6,9H2,1-3H3/t14?,15-/m0/s1. The Hall–Kier alpha value is -1.09. The largest absolute Gasteiger partial charge is 0.387 e. The lowest BCUT2D eigenvalue weighted by molar-refractivity contribution is 0.169. The van der Waals surface area contributed by atoms with Crippen molar-refractivity contribution < 1.29 is 5.11 Å². The second kappa shape index (κ2) is 5.70. The van der Waals surface area contributed by atoms with Gasteiger partial charge in [0, 0.05) is 12.6 Å². The highest BCUT2D eigenvalue weighted by Gasteiger charge is 2.27. The second-order valence-electron chi connectivity index (χ2n) is 5.51. The molecule has 1 unspecified atom stereocenters. The van der Waals surface area contributed by atoms with Gasteiger partial charge in [-0.1, -0.05) is 20.8 Å². The van der Waals surface area contributed by atoms with E-state index in [1.807, 2.05) is 19.2 Å². The molecular formula is C15H24N2O. The highest BCUT2D eigenvalue weighted by molar-refractivity contribution is 5.47. The molecule has 1 aromatic heterocycles. The second-order valence-corrected chi connectivity index (χ2v) is 5.51. The molecule has 18 heavy (non-hydrogen) atoms. The molecule has 1 saturated heterocycles. The van der Waals surface area contributed by atoms with Crippen LogP contribution in [0.2, 0.25) is 0 Å². The summed E-state index contributed by atoms with van der Waals surface area (Å²) < 4.78 is 0. The SMILES string of the molecule is CC[C@H](O)c1ccc(N2CCCC2C(C)C)cn1. The first-order valence-corrected chi connectivity index (χ1v) is 7.04. The van der Waals surface area contributed by atoms with Gasteiger partial charge in [0.15, 0.2) is 0 Å². The van der Waals surface area contributed by atoms with Crippen molar-refractivity contribution in [3.8, 4) is 0 Å². The van der Waals surface area contributed by atoms with Crippen molar-refractivity contribution in [1.82, 2.24) is 4.98 Å². The molecule has 1 fully saturated rings. The summed E-state index contributed by atoms with van der Waals surface area (Å²) >= 11 is 0. The summed E-state index contributed by atoms with van der Waals surface area (Å²) in [6.45, 7) is 7.66. The van der Waals surface area contributed by atoms with Crippen molar-refractivity contribution in [3.63, 3.8) is 0 Å². The zero-order valence-corrected chi connectivity index (χ0v) is 11.6. The highest BCUT2D eigenvalue weighted by Crippen LogP contribution is 2.29. The summed E-state index contributed by atoms with van der Waals surface area (Å²) in [7, 11) is 0. The molecule has 0 amide bonds. The predicted octanol–water partition coefficient (Wildman–Crippen LogP) is 3.15. The van der Waals surface area contributed by atoms with Crippen LogP contribution in [0.15, 0.2) is 18.3 Å². The van der Waals surface area contributed by atoms with Crippen LogP contribution in [0.5, 0.6) is 0 Å².